The van der Waals surface area contributed by atoms with Crippen molar-refractivity contribution in [2.45, 2.75) is 24.7 Å². The molecule has 140 valence electrons. The Morgan fingerprint density at radius 3 is 1.60 bits per heavy atom. The molecule has 0 bridgehead atoms. The normalized spacial score (nSPS) is 14.8. The van der Waals surface area contributed by atoms with E-state index < -0.39 is 58.4 Å². The van der Waals surface area contributed by atoms with Crippen LogP contribution in [0.25, 0.3) is 0 Å². The van der Waals surface area contributed by atoms with E-state index >= 15 is 0 Å². The molecular formula is C15H12F8O2. The lowest BCUT2D eigenvalue weighted by atomic mass is 9.89. The summed E-state index contributed by atoms with van der Waals surface area (Å²) in [7, 11) is 0.562. The predicted molar refractivity (Wildman–Crippen MR) is 72.8 cm³/mol. The molecule has 10 heteroatoms. The summed E-state index contributed by atoms with van der Waals surface area (Å²) < 4.78 is 112. The lowest BCUT2D eigenvalue weighted by Gasteiger charge is -2.26. The van der Waals surface area contributed by atoms with Gasteiger partial charge in [0.2, 0.25) is 0 Å². The van der Waals surface area contributed by atoms with Crippen molar-refractivity contribution in [3.8, 4) is 11.5 Å². The number of allylic oxidation sites excluding steroid dienone is 2. The monoisotopic (exact) mass is 376 g/mol. The molecule has 0 aliphatic rings. The number of methoxy groups -OCH3 is 1. The molecule has 1 N–H and O–H groups in total. The Kier molecular flexibility index (Phi) is 5.76. The summed E-state index contributed by atoms with van der Waals surface area (Å²) in [4.78, 5) is 0. The average molecular weight is 376 g/mol. The Labute approximate surface area is 137 Å². The van der Waals surface area contributed by atoms with Gasteiger partial charge in [-0.25, -0.2) is 8.78 Å². The molecular weight excluding hydrogens is 364 g/mol. The minimum absolute atomic E-state index is 0.254. The van der Waals surface area contributed by atoms with Crippen LogP contribution in [-0.2, 0) is 12.4 Å². The van der Waals surface area contributed by atoms with Crippen LogP contribution in [0.3, 0.4) is 0 Å². The van der Waals surface area contributed by atoms with Crippen LogP contribution in [0.2, 0.25) is 0 Å². The predicted octanol–water partition coefficient (Wildman–Crippen LogP) is 5.83. The second-order valence-corrected chi connectivity index (χ2v) is 4.73. The number of phenolic OH excluding ortho intramolecular Hbond substituents is 1. The fourth-order valence-electron chi connectivity index (χ4n) is 2.30. The number of ether oxygens (including phenoxy) is 1. The van der Waals surface area contributed by atoms with Crippen LogP contribution in [0.4, 0.5) is 35.1 Å². The highest BCUT2D eigenvalue weighted by Gasteiger charge is 2.49. The third kappa shape index (κ3) is 3.72. The summed E-state index contributed by atoms with van der Waals surface area (Å²) in [6.45, 7) is 5.74. The van der Waals surface area contributed by atoms with E-state index in [1.807, 2.05) is 0 Å². The van der Waals surface area contributed by atoms with Crippen LogP contribution in [0.1, 0.15) is 34.6 Å². The van der Waals surface area contributed by atoms with E-state index in [-0.39, 0.29) is 12.2 Å². The Hall–Kier alpha value is -2.26. The van der Waals surface area contributed by atoms with E-state index in [1.54, 1.807) is 0 Å². The Morgan fingerprint density at radius 2 is 1.28 bits per heavy atom. The van der Waals surface area contributed by atoms with Crippen molar-refractivity contribution >= 4 is 0 Å². The van der Waals surface area contributed by atoms with Gasteiger partial charge in [0.1, 0.15) is 35.0 Å². The molecule has 0 saturated heterocycles. The SMILES string of the molecule is C=CC(F)c1c(OC)c(C(F)(F)F)c(C(F)C=C)c(O)c1C(F)(F)F. The third-order valence-electron chi connectivity index (χ3n) is 3.24. The average Bonchev–Trinajstić information content (AvgIpc) is 2.49. The zero-order valence-corrected chi connectivity index (χ0v) is 12.6. The minimum Gasteiger partial charge on any atom is -0.507 e. The van der Waals surface area contributed by atoms with Gasteiger partial charge in [0.15, 0.2) is 0 Å². The van der Waals surface area contributed by atoms with E-state index in [9.17, 15) is 40.2 Å². The van der Waals surface area contributed by atoms with Crippen molar-refractivity contribution in [3.05, 3.63) is 47.6 Å². The zero-order valence-electron chi connectivity index (χ0n) is 12.6. The fraction of sp³-hybridized carbons (Fsp3) is 0.333. The molecule has 0 aromatic heterocycles. The van der Waals surface area contributed by atoms with Crippen LogP contribution in [0.5, 0.6) is 11.5 Å². The number of hydrogen-bond acceptors (Lipinski definition) is 2. The van der Waals surface area contributed by atoms with Crippen molar-refractivity contribution in [3.63, 3.8) is 0 Å². The standard InChI is InChI=1S/C15H12F8O2/c1-4-6(16)8-11(15(21,22)23)13(25-3)9(7(17)5-2)10(12(8)24)14(18,19)20/h4-7,24H,1-2H2,3H3. The summed E-state index contributed by atoms with van der Waals surface area (Å²) >= 11 is 0. The topological polar surface area (TPSA) is 29.5 Å². The molecule has 0 fully saturated rings. The van der Waals surface area contributed by atoms with Crippen molar-refractivity contribution in [2.24, 2.45) is 0 Å². The largest absolute Gasteiger partial charge is 0.507 e. The second kappa shape index (κ2) is 6.93. The molecule has 2 nitrogen and oxygen atoms in total. The summed E-state index contributed by atoms with van der Waals surface area (Å²) in [5.41, 5.74) is -7.64. The van der Waals surface area contributed by atoms with E-state index in [2.05, 4.69) is 17.9 Å². The van der Waals surface area contributed by atoms with Gasteiger partial charge in [0, 0.05) is 11.1 Å². The van der Waals surface area contributed by atoms with Gasteiger partial charge in [-0.05, 0) is 0 Å². The summed E-state index contributed by atoms with van der Waals surface area (Å²) in [6, 6.07) is 0. The molecule has 0 amide bonds. The molecule has 0 saturated carbocycles. The highest BCUT2D eigenvalue weighted by molar-refractivity contribution is 5.63. The van der Waals surface area contributed by atoms with Crippen molar-refractivity contribution in [2.75, 3.05) is 7.11 Å². The minimum atomic E-state index is -5.50. The first-order chi connectivity index (χ1) is 11.3. The highest BCUT2D eigenvalue weighted by atomic mass is 19.4. The number of alkyl halides is 8. The molecule has 1 rings (SSSR count). The molecule has 1 aromatic rings. The fourth-order valence-corrected chi connectivity index (χ4v) is 2.30. The van der Waals surface area contributed by atoms with Crippen molar-refractivity contribution in [1.82, 2.24) is 0 Å². The third-order valence-corrected chi connectivity index (χ3v) is 3.24. The Morgan fingerprint density at radius 1 is 0.880 bits per heavy atom. The Balaban J connectivity index is 4.27. The maximum atomic E-state index is 14.0. The van der Waals surface area contributed by atoms with Gasteiger partial charge in [0.25, 0.3) is 0 Å². The Bertz CT molecular complexity index is 676. The first kappa shape index (κ1) is 20.8. The van der Waals surface area contributed by atoms with Crippen LogP contribution in [0.15, 0.2) is 25.3 Å². The first-order valence-corrected chi connectivity index (χ1v) is 6.47. The number of aromatic hydroxyl groups is 1. The van der Waals surface area contributed by atoms with E-state index in [1.165, 1.54) is 0 Å². The van der Waals surface area contributed by atoms with Gasteiger partial charge < -0.3 is 9.84 Å². The molecule has 2 unspecified atom stereocenters. The van der Waals surface area contributed by atoms with Crippen molar-refractivity contribution < 1.29 is 45.0 Å². The molecule has 25 heavy (non-hydrogen) atoms. The van der Waals surface area contributed by atoms with Crippen molar-refractivity contribution in [1.29, 1.82) is 0 Å². The molecule has 0 aliphatic heterocycles. The molecule has 1 aromatic carbocycles. The van der Waals surface area contributed by atoms with Crippen LogP contribution < -0.4 is 4.74 Å². The van der Waals surface area contributed by atoms with Crippen LogP contribution >= 0.6 is 0 Å². The molecule has 0 aliphatic carbocycles. The smallest absolute Gasteiger partial charge is 0.420 e. The van der Waals surface area contributed by atoms with Crippen LogP contribution in [0, 0.1) is 0 Å². The van der Waals surface area contributed by atoms with Gasteiger partial charge >= 0.3 is 12.4 Å². The summed E-state index contributed by atoms with van der Waals surface area (Å²) in [5.74, 6) is -3.68. The lowest BCUT2D eigenvalue weighted by molar-refractivity contribution is -0.145. The van der Waals surface area contributed by atoms with E-state index in [0.717, 1.165) is 0 Å². The summed E-state index contributed by atoms with van der Waals surface area (Å²) in [5, 5.41) is 9.75. The number of phenols is 1. The molecule has 0 spiro atoms. The van der Waals surface area contributed by atoms with E-state index in [0.29, 0.717) is 7.11 Å². The number of benzene rings is 1. The maximum absolute atomic E-state index is 14.0. The molecule has 2 atom stereocenters. The lowest BCUT2D eigenvalue weighted by Crippen LogP contribution is -2.20. The number of rotatable bonds is 5. The van der Waals surface area contributed by atoms with E-state index in [4.69, 9.17) is 0 Å². The summed E-state index contributed by atoms with van der Waals surface area (Å²) in [6.07, 6.45) is -16.0. The van der Waals surface area contributed by atoms with Crippen LogP contribution in [-0.4, -0.2) is 12.2 Å². The van der Waals surface area contributed by atoms with Gasteiger partial charge in [0.05, 0.1) is 7.11 Å². The molecule has 0 heterocycles. The number of hydrogen-bond donors (Lipinski definition) is 1. The number of halogens is 8. The maximum Gasteiger partial charge on any atom is 0.420 e. The van der Waals surface area contributed by atoms with Gasteiger partial charge in [-0.15, -0.1) is 0 Å². The zero-order chi connectivity index (χ0) is 19.7. The van der Waals surface area contributed by atoms with Gasteiger partial charge in [-0.2, -0.15) is 26.3 Å². The first-order valence-electron chi connectivity index (χ1n) is 6.47. The highest BCUT2D eigenvalue weighted by Crippen LogP contribution is 2.55. The second-order valence-electron chi connectivity index (χ2n) is 4.73. The molecule has 0 radical (unpaired) electrons. The van der Waals surface area contributed by atoms with Gasteiger partial charge in [-0.1, -0.05) is 25.3 Å². The quantitative estimate of drug-likeness (QED) is 0.517. The van der Waals surface area contributed by atoms with Gasteiger partial charge in [-0.3, -0.25) is 0 Å².